The number of rotatable bonds is 4. The van der Waals surface area contributed by atoms with Crippen LogP contribution in [-0.2, 0) is 14.2 Å². The summed E-state index contributed by atoms with van der Waals surface area (Å²) < 4.78 is 16.4. The summed E-state index contributed by atoms with van der Waals surface area (Å²) in [5, 5.41) is 0. The van der Waals surface area contributed by atoms with E-state index in [0.29, 0.717) is 0 Å². The van der Waals surface area contributed by atoms with E-state index in [1.165, 1.54) is 5.57 Å². The predicted molar refractivity (Wildman–Crippen MR) is 84.6 cm³/mol. The van der Waals surface area contributed by atoms with E-state index in [2.05, 4.69) is 6.08 Å². The van der Waals surface area contributed by atoms with Gasteiger partial charge in [0.25, 0.3) is 0 Å². The van der Waals surface area contributed by atoms with E-state index in [-0.39, 0.29) is 18.2 Å². The molecule has 0 aliphatic carbocycles. The van der Waals surface area contributed by atoms with Crippen LogP contribution in [0.15, 0.2) is 11.6 Å². The number of hydrogen-bond acceptors (Lipinski definition) is 4. The molecule has 2 unspecified atom stereocenters. The zero-order chi connectivity index (χ0) is 16.5. The Morgan fingerprint density at radius 3 is 2.36 bits per heavy atom. The molecule has 2 heterocycles. The van der Waals surface area contributed by atoms with Gasteiger partial charge in [0, 0.05) is 26.7 Å². The van der Waals surface area contributed by atoms with Gasteiger partial charge in [0.05, 0.1) is 6.04 Å². The van der Waals surface area contributed by atoms with Gasteiger partial charge in [-0.15, -0.1) is 0 Å². The largest absolute Gasteiger partial charge is 0.444 e. The van der Waals surface area contributed by atoms with Gasteiger partial charge in [-0.3, -0.25) is 4.90 Å². The molecule has 0 aromatic carbocycles. The molecule has 2 rings (SSSR count). The molecular weight excluding hydrogens is 282 g/mol. The Bertz CT molecular complexity index is 448. The third kappa shape index (κ3) is 3.82. The van der Waals surface area contributed by atoms with Crippen LogP contribution < -0.4 is 0 Å². The summed E-state index contributed by atoms with van der Waals surface area (Å²) in [6.45, 7) is 7.65. The quantitative estimate of drug-likeness (QED) is 0.589. The average Bonchev–Trinajstić information content (AvgIpc) is 2.69. The van der Waals surface area contributed by atoms with Crippen molar-refractivity contribution in [3.8, 4) is 0 Å². The molecule has 2 bridgehead atoms. The Kier molecular flexibility index (Phi) is 4.87. The molecule has 1 fully saturated rings. The molecule has 5 heteroatoms. The van der Waals surface area contributed by atoms with Gasteiger partial charge in [-0.2, -0.15) is 0 Å². The first-order valence-electron chi connectivity index (χ1n) is 7.98. The predicted octanol–water partition coefficient (Wildman–Crippen LogP) is 3.48. The number of ether oxygens (including phenoxy) is 3. The lowest BCUT2D eigenvalue weighted by molar-refractivity contribution is -0.192. The van der Waals surface area contributed by atoms with Crippen LogP contribution >= 0.6 is 0 Å². The summed E-state index contributed by atoms with van der Waals surface area (Å²) in [7, 11) is 3.32. The van der Waals surface area contributed by atoms with Crippen molar-refractivity contribution in [1.82, 2.24) is 4.90 Å². The number of carbonyl (C=O) groups is 1. The summed E-state index contributed by atoms with van der Waals surface area (Å²) in [6.07, 6.45) is 5.64. The summed E-state index contributed by atoms with van der Waals surface area (Å²) in [4.78, 5) is 14.3. The molecule has 0 aromatic rings. The molecule has 5 nitrogen and oxygen atoms in total. The highest BCUT2D eigenvalue weighted by molar-refractivity contribution is 5.70. The summed E-state index contributed by atoms with van der Waals surface area (Å²) in [5.74, 6) is -0.598. The van der Waals surface area contributed by atoms with Crippen molar-refractivity contribution >= 4 is 6.09 Å². The molecule has 0 aromatic heterocycles. The fourth-order valence-corrected chi connectivity index (χ4v) is 3.29. The Labute approximate surface area is 133 Å². The van der Waals surface area contributed by atoms with Crippen LogP contribution in [0.3, 0.4) is 0 Å². The third-order valence-corrected chi connectivity index (χ3v) is 4.49. The molecule has 22 heavy (non-hydrogen) atoms. The van der Waals surface area contributed by atoms with Gasteiger partial charge in [-0.1, -0.05) is 11.6 Å². The van der Waals surface area contributed by atoms with E-state index in [9.17, 15) is 4.79 Å². The van der Waals surface area contributed by atoms with Gasteiger partial charge < -0.3 is 14.2 Å². The Morgan fingerprint density at radius 2 is 1.86 bits per heavy atom. The first-order chi connectivity index (χ1) is 10.2. The molecule has 1 saturated heterocycles. The zero-order valence-corrected chi connectivity index (χ0v) is 14.6. The molecule has 0 radical (unpaired) electrons. The highest BCUT2D eigenvalue weighted by atomic mass is 16.7. The molecule has 2 aliphatic rings. The molecule has 0 saturated carbocycles. The maximum Gasteiger partial charge on any atom is 0.411 e. The van der Waals surface area contributed by atoms with Gasteiger partial charge in [0.2, 0.25) is 0 Å². The van der Waals surface area contributed by atoms with Gasteiger partial charge in [0.1, 0.15) is 5.60 Å². The minimum Gasteiger partial charge on any atom is -0.444 e. The maximum atomic E-state index is 12.4. The SMILES string of the molecule is COC(C)(CC1=CC2CCC(C1)N2C(=O)OC(C)(C)C)OC. The molecule has 126 valence electrons. The normalized spacial score (nSPS) is 25.2. The second-order valence-electron chi connectivity index (χ2n) is 7.43. The Morgan fingerprint density at radius 1 is 1.23 bits per heavy atom. The number of amides is 1. The highest BCUT2D eigenvalue weighted by Crippen LogP contribution is 2.38. The smallest absolute Gasteiger partial charge is 0.411 e. The Hall–Kier alpha value is -1.07. The lowest BCUT2D eigenvalue weighted by atomic mass is 9.95. The summed E-state index contributed by atoms with van der Waals surface area (Å²) in [6, 6.07) is 0.374. The van der Waals surface area contributed by atoms with E-state index in [0.717, 1.165) is 25.7 Å². The second kappa shape index (κ2) is 6.20. The lowest BCUT2D eigenvalue weighted by Crippen LogP contribution is -2.46. The second-order valence-corrected chi connectivity index (χ2v) is 7.43. The molecular formula is C17H29NO4. The minimum absolute atomic E-state index is 0.140. The van der Waals surface area contributed by atoms with Crippen LogP contribution in [0.5, 0.6) is 0 Å². The third-order valence-electron chi connectivity index (χ3n) is 4.49. The number of nitrogens with zero attached hydrogens (tertiary/aromatic N) is 1. The highest BCUT2D eigenvalue weighted by Gasteiger charge is 2.42. The fraction of sp³-hybridized carbons (Fsp3) is 0.824. The van der Waals surface area contributed by atoms with Crippen LogP contribution in [0.1, 0.15) is 53.4 Å². The molecule has 2 atom stereocenters. The number of hydrogen-bond donors (Lipinski definition) is 0. The molecule has 2 aliphatic heterocycles. The lowest BCUT2D eigenvalue weighted by Gasteiger charge is -2.37. The Balaban J connectivity index is 2.08. The first kappa shape index (κ1) is 17.3. The van der Waals surface area contributed by atoms with Crippen LogP contribution in [-0.4, -0.2) is 48.7 Å². The van der Waals surface area contributed by atoms with Crippen molar-refractivity contribution in [3.05, 3.63) is 11.6 Å². The van der Waals surface area contributed by atoms with Crippen molar-refractivity contribution < 1.29 is 19.0 Å². The standard InChI is InChI=1S/C17H29NO4/c1-16(2,3)22-15(19)18-13-7-8-14(18)10-12(9-13)11-17(4,20-5)21-6/h9,13-14H,7-8,10-11H2,1-6H3. The van der Waals surface area contributed by atoms with Crippen LogP contribution in [0.2, 0.25) is 0 Å². The van der Waals surface area contributed by atoms with E-state index in [1.54, 1.807) is 14.2 Å². The van der Waals surface area contributed by atoms with Crippen molar-refractivity contribution in [1.29, 1.82) is 0 Å². The van der Waals surface area contributed by atoms with Crippen LogP contribution in [0.25, 0.3) is 0 Å². The van der Waals surface area contributed by atoms with Crippen LogP contribution in [0.4, 0.5) is 4.79 Å². The number of fused-ring (bicyclic) bond motifs is 2. The number of carbonyl (C=O) groups excluding carboxylic acids is 1. The first-order valence-corrected chi connectivity index (χ1v) is 7.98. The molecule has 0 spiro atoms. The maximum absolute atomic E-state index is 12.4. The van der Waals surface area contributed by atoms with E-state index < -0.39 is 11.4 Å². The van der Waals surface area contributed by atoms with E-state index in [4.69, 9.17) is 14.2 Å². The van der Waals surface area contributed by atoms with Gasteiger partial charge in [0.15, 0.2) is 5.79 Å². The van der Waals surface area contributed by atoms with Crippen molar-refractivity contribution in [2.45, 2.75) is 76.9 Å². The van der Waals surface area contributed by atoms with E-state index >= 15 is 0 Å². The monoisotopic (exact) mass is 311 g/mol. The summed E-state index contributed by atoms with van der Waals surface area (Å²) >= 11 is 0. The van der Waals surface area contributed by atoms with E-state index in [1.807, 2.05) is 32.6 Å². The fourth-order valence-electron chi connectivity index (χ4n) is 3.29. The topological polar surface area (TPSA) is 48.0 Å². The van der Waals surface area contributed by atoms with Crippen molar-refractivity contribution in [2.75, 3.05) is 14.2 Å². The van der Waals surface area contributed by atoms with Gasteiger partial charge >= 0.3 is 6.09 Å². The van der Waals surface area contributed by atoms with Crippen LogP contribution in [0, 0.1) is 0 Å². The minimum atomic E-state index is -0.598. The van der Waals surface area contributed by atoms with Gasteiger partial charge in [-0.25, -0.2) is 4.79 Å². The molecule has 0 N–H and O–H groups in total. The van der Waals surface area contributed by atoms with Gasteiger partial charge in [-0.05, 0) is 47.0 Å². The average molecular weight is 311 g/mol. The number of methoxy groups -OCH3 is 2. The summed E-state index contributed by atoms with van der Waals surface area (Å²) in [5.41, 5.74) is 0.851. The van der Waals surface area contributed by atoms with Crippen molar-refractivity contribution in [3.63, 3.8) is 0 Å². The molecule has 1 amide bonds. The van der Waals surface area contributed by atoms with Crippen molar-refractivity contribution in [2.24, 2.45) is 0 Å². The zero-order valence-electron chi connectivity index (χ0n) is 14.6.